The summed E-state index contributed by atoms with van der Waals surface area (Å²) in [7, 11) is 0. The maximum absolute atomic E-state index is 12.2. The number of carbonyl (C=O) groups excluding carboxylic acids is 1. The molecule has 0 radical (unpaired) electrons. The van der Waals surface area contributed by atoms with Crippen molar-refractivity contribution in [1.29, 1.82) is 0 Å². The maximum atomic E-state index is 12.2. The first-order chi connectivity index (χ1) is 9.47. The minimum absolute atomic E-state index is 0.0721. The highest BCUT2D eigenvalue weighted by Crippen LogP contribution is 2.44. The zero-order valence-electron chi connectivity index (χ0n) is 11.7. The third kappa shape index (κ3) is 3.07. The predicted molar refractivity (Wildman–Crippen MR) is 76.9 cm³/mol. The number of nitro benzene ring substituents is 1. The fourth-order valence-corrected chi connectivity index (χ4v) is 2.02. The van der Waals surface area contributed by atoms with Crippen LogP contribution in [-0.4, -0.2) is 23.9 Å². The van der Waals surface area contributed by atoms with Gasteiger partial charge in [-0.25, -0.2) is 0 Å². The minimum atomic E-state index is -0.475. The number of rotatable bonds is 6. The van der Waals surface area contributed by atoms with Crippen LogP contribution in [0.2, 0.25) is 0 Å². The monoisotopic (exact) mass is 277 g/mol. The van der Waals surface area contributed by atoms with Gasteiger partial charge in [-0.2, -0.15) is 0 Å². The Morgan fingerprint density at radius 2 is 2.15 bits per heavy atom. The smallest absolute Gasteiger partial charge is 0.293 e. The van der Waals surface area contributed by atoms with E-state index in [9.17, 15) is 14.9 Å². The molecule has 0 heterocycles. The van der Waals surface area contributed by atoms with Crippen molar-refractivity contribution in [2.45, 2.75) is 26.7 Å². The molecule has 6 nitrogen and oxygen atoms in total. The third-order valence-corrected chi connectivity index (χ3v) is 3.62. The highest BCUT2D eigenvalue weighted by atomic mass is 16.6. The average molecular weight is 277 g/mol. The molecule has 108 valence electrons. The summed E-state index contributed by atoms with van der Waals surface area (Å²) >= 11 is 0. The van der Waals surface area contributed by atoms with Gasteiger partial charge >= 0.3 is 0 Å². The number of hydrogen-bond acceptors (Lipinski definition) is 4. The average Bonchev–Trinajstić information content (AvgIpc) is 3.15. The highest BCUT2D eigenvalue weighted by molar-refractivity contribution is 6.01. The fraction of sp³-hybridized carbons (Fsp3) is 0.500. The lowest BCUT2D eigenvalue weighted by Gasteiger charge is -2.13. The normalized spacial score (nSPS) is 15.5. The number of anilines is 1. The lowest BCUT2D eigenvalue weighted by Crippen LogP contribution is -2.29. The predicted octanol–water partition coefficient (Wildman–Crippen LogP) is 2.56. The summed E-state index contributed by atoms with van der Waals surface area (Å²) in [5.41, 5.74) is 0.746. The van der Waals surface area contributed by atoms with Gasteiger partial charge in [-0.3, -0.25) is 14.9 Å². The second kappa shape index (κ2) is 5.48. The molecule has 20 heavy (non-hydrogen) atoms. The van der Waals surface area contributed by atoms with Gasteiger partial charge in [0.15, 0.2) is 0 Å². The molecular weight excluding hydrogens is 258 g/mol. The summed E-state index contributed by atoms with van der Waals surface area (Å²) in [6.45, 7) is 5.08. The van der Waals surface area contributed by atoms with Gasteiger partial charge in [0.05, 0.1) is 10.5 Å². The largest absolute Gasteiger partial charge is 0.379 e. The number of benzene rings is 1. The molecule has 0 aromatic heterocycles. The molecule has 1 fully saturated rings. The van der Waals surface area contributed by atoms with E-state index < -0.39 is 4.92 Å². The highest BCUT2D eigenvalue weighted by Gasteiger charge is 2.37. The second-order valence-electron chi connectivity index (χ2n) is 5.48. The lowest BCUT2D eigenvalue weighted by molar-refractivity contribution is -0.384. The van der Waals surface area contributed by atoms with E-state index in [4.69, 9.17) is 0 Å². The molecule has 1 aromatic rings. The Morgan fingerprint density at radius 1 is 1.45 bits per heavy atom. The summed E-state index contributed by atoms with van der Waals surface area (Å²) in [6, 6.07) is 4.54. The molecule has 1 saturated carbocycles. The number of amides is 1. The van der Waals surface area contributed by atoms with Crippen LogP contribution in [0.5, 0.6) is 0 Å². The lowest BCUT2D eigenvalue weighted by atomic mass is 10.1. The minimum Gasteiger partial charge on any atom is -0.379 e. The first-order valence-corrected chi connectivity index (χ1v) is 6.76. The maximum Gasteiger partial charge on any atom is 0.293 e. The fourth-order valence-electron chi connectivity index (χ4n) is 2.02. The summed E-state index contributed by atoms with van der Waals surface area (Å²) in [5.74, 6) is -0.266. The number of hydrogen-bond donors (Lipinski definition) is 2. The SMILES string of the molecule is CCNc1c(C(=O)NCC2(C)CC2)cccc1[N+](=O)[O-]. The Hall–Kier alpha value is -2.11. The third-order valence-electron chi connectivity index (χ3n) is 3.62. The molecule has 1 amide bonds. The first kappa shape index (κ1) is 14.3. The molecule has 6 heteroatoms. The number of carbonyl (C=O) groups is 1. The quantitative estimate of drug-likeness (QED) is 0.618. The van der Waals surface area contributed by atoms with E-state index >= 15 is 0 Å². The Morgan fingerprint density at radius 3 is 2.70 bits per heavy atom. The van der Waals surface area contributed by atoms with Gasteiger partial charge in [0, 0.05) is 19.2 Å². The molecule has 0 saturated heterocycles. The topological polar surface area (TPSA) is 84.3 Å². The van der Waals surface area contributed by atoms with E-state index in [1.54, 1.807) is 6.07 Å². The number of para-hydroxylation sites is 1. The zero-order valence-corrected chi connectivity index (χ0v) is 11.7. The zero-order chi connectivity index (χ0) is 14.8. The summed E-state index contributed by atoms with van der Waals surface area (Å²) in [6.07, 6.45) is 2.23. The van der Waals surface area contributed by atoms with E-state index in [0.29, 0.717) is 24.3 Å². The van der Waals surface area contributed by atoms with E-state index in [0.717, 1.165) is 12.8 Å². The summed E-state index contributed by atoms with van der Waals surface area (Å²) in [5, 5.41) is 16.8. The Balaban J connectivity index is 2.22. The van der Waals surface area contributed by atoms with Crippen LogP contribution in [0.15, 0.2) is 18.2 Å². The molecule has 0 spiro atoms. The van der Waals surface area contributed by atoms with Crippen molar-refractivity contribution in [2.24, 2.45) is 5.41 Å². The van der Waals surface area contributed by atoms with Crippen molar-refractivity contribution < 1.29 is 9.72 Å². The van der Waals surface area contributed by atoms with Crippen molar-refractivity contribution in [3.05, 3.63) is 33.9 Å². The van der Waals surface area contributed by atoms with E-state index in [2.05, 4.69) is 17.6 Å². The molecule has 0 atom stereocenters. The first-order valence-electron chi connectivity index (χ1n) is 6.76. The Bertz CT molecular complexity index is 538. The molecule has 0 aliphatic heterocycles. The molecule has 0 bridgehead atoms. The van der Waals surface area contributed by atoms with Gasteiger partial charge < -0.3 is 10.6 Å². The van der Waals surface area contributed by atoms with E-state index in [1.165, 1.54) is 12.1 Å². The summed E-state index contributed by atoms with van der Waals surface area (Å²) in [4.78, 5) is 22.8. The van der Waals surface area contributed by atoms with Crippen molar-refractivity contribution >= 4 is 17.3 Å². The van der Waals surface area contributed by atoms with Crippen LogP contribution in [-0.2, 0) is 0 Å². The van der Waals surface area contributed by atoms with Gasteiger partial charge in [-0.1, -0.05) is 13.0 Å². The van der Waals surface area contributed by atoms with Gasteiger partial charge in [0.25, 0.3) is 11.6 Å². The molecule has 1 aliphatic rings. The van der Waals surface area contributed by atoms with E-state index in [-0.39, 0.29) is 17.0 Å². The van der Waals surface area contributed by atoms with Crippen molar-refractivity contribution in [3.8, 4) is 0 Å². The van der Waals surface area contributed by atoms with Crippen LogP contribution in [0.25, 0.3) is 0 Å². The van der Waals surface area contributed by atoms with Crippen LogP contribution in [0.4, 0.5) is 11.4 Å². The Kier molecular flexibility index (Phi) is 3.92. The summed E-state index contributed by atoms with van der Waals surface area (Å²) < 4.78 is 0. The van der Waals surface area contributed by atoms with Crippen LogP contribution < -0.4 is 10.6 Å². The standard InChI is InChI=1S/C14H19N3O3/c1-3-15-12-10(5-4-6-11(12)17(19)20)13(18)16-9-14(2)7-8-14/h4-6,15H,3,7-9H2,1-2H3,(H,16,18). The van der Waals surface area contributed by atoms with Crippen LogP contribution in [0, 0.1) is 15.5 Å². The van der Waals surface area contributed by atoms with Gasteiger partial charge in [-0.05, 0) is 31.2 Å². The molecule has 1 aliphatic carbocycles. The van der Waals surface area contributed by atoms with Gasteiger partial charge in [-0.15, -0.1) is 0 Å². The molecular formula is C14H19N3O3. The van der Waals surface area contributed by atoms with Gasteiger partial charge in [0.2, 0.25) is 0 Å². The number of nitrogens with one attached hydrogen (secondary N) is 2. The van der Waals surface area contributed by atoms with Crippen LogP contribution >= 0.6 is 0 Å². The van der Waals surface area contributed by atoms with E-state index in [1.807, 2.05) is 6.92 Å². The molecule has 0 unspecified atom stereocenters. The van der Waals surface area contributed by atoms with Gasteiger partial charge in [0.1, 0.15) is 5.69 Å². The van der Waals surface area contributed by atoms with Crippen molar-refractivity contribution in [1.82, 2.24) is 5.32 Å². The van der Waals surface area contributed by atoms with Crippen LogP contribution in [0.3, 0.4) is 0 Å². The molecule has 2 rings (SSSR count). The van der Waals surface area contributed by atoms with Crippen molar-refractivity contribution in [3.63, 3.8) is 0 Å². The number of nitro groups is 1. The molecule has 2 N–H and O–H groups in total. The number of nitrogens with zero attached hydrogens (tertiary/aromatic N) is 1. The second-order valence-corrected chi connectivity index (χ2v) is 5.48. The van der Waals surface area contributed by atoms with Crippen LogP contribution in [0.1, 0.15) is 37.0 Å². The Labute approximate surface area is 117 Å². The molecule has 1 aromatic carbocycles. The van der Waals surface area contributed by atoms with Crippen molar-refractivity contribution in [2.75, 3.05) is 18.4 Å².